The highest BCUT2D eigenvalue weighted by Gasteiger charge is 2.20. The van der Waals surface area contributed by atoms with Gasteiger partial charge in [-0.25, -0.2) is 4.98 Å². The number of nitrogens with zero attached hydrogens (tertiary/aromatic N) is 1. The van der Waals surface area contributed by atoms with Crippen LogP contribution in [0.3, 0.4) is 0 Å². The summed E-state index contributed by atoms with van der Waals surface area (Å²) in [6, 6.07) is 4.15. The quantitative estimate of drug-likeness (QED) is 0.685. The second-order valence-corrected chi connectivity index (χ2v) is 5.69. The molecule has 2 rings (SSSR count). The molecule has 0 aromatic carbocycles. The molecule has 1 aliphatic carbocycles. The summed E-state index contributed by atoms with van der Waals surface area (Å²) >= 11 is 3.36. The average Bonchev–Trinajstić information content (AvgIpc) is 2.17. The number of hydrogen-bond donors (Lipinski definition) is 0. The molecule has 0 atom stereocenters. The van der Waals surface area contributed by atoms with Gasteiger partial charge in [-0.2, -0.15) is 0 Å². The summed E-state index contributed by atoms with van der Waals surface area (Å²) in [5.41, 5.74) is 3.07. The molecule has 1 heterocycles. The lowest BCUT2D eigenvalue weighted by atomic mass is 9.78. The normalized spacial score (nSPS) is 19.8. The fourth-order valence-corrected chi connectivity index (χ4v) is 2.38. The third-order valence-corrected chi connectivity index (χ3v) is 3.40. The highest BCUT2D eigenvalue weighted by atomic mass is 79.9. The molecule has 0 fully saturated rings. The van der Waals surface area contributed by atoms with Crippen LogP contribution in [0.25, 0.3) is 5.57 Å². The third-order valence-electron chi connectivity index (χ3n) is 2.93. The van der Waals surface area contributed by atoms with Gasteiger partial charge in [0, 0.05) is 6.20 Å². The van der Waals surface area contributed by atoms with Crippen LogP contribution in [0.1, 0.15) is 38.7 Å². The molecule has 0 saturated heterocycles. The van der Waals surface area contributed by atoms with Crippen LogP contribution in [0.2, 0.25) is 0 Å². The van der Waals surface area contributed by atoms with Gasteiger partial charge in [-0.05, 0) is 57.8 Å². The van der Waals surface area contributed by atoms with Crippen LogP contribution < -0.4 is 0 Å². The molecule has 0 radical (unpaired) electrons. The zero-order chi connectivity index (χ0) is 10.9. The monoisotopic (exact) mass is 265 g/mol. The van der Waals surface area contributed by atoms with Crippen molar-refractivity contribution < 1.29 is 0 Å². The fraction of sp³-hybridized carbons (Fsp3) is 0.462. The first-order chi connectivity index (χ1) is 7.07. The van der Waals surface area contributed by atoms with Crippen molar-refractivity contribution in [2.45, 2.75) is 33.1 Å². The van der Waals surface area contributed by atoms with Crippen LogP contribution in [-0.2, 0) is 0 Å². The molecule has 2 heteroatoms. The minimum Gasteiger partial charge on any atom is -0.249 e. The standard InChI is InChI=1S/C13H16BrN/c1-13(2)7-3-4-10(8-13)11-5-6-12(14)15-9-11/h5-6,8-9H,3-4,7H2,1-2H3. The predicted molar refractivity (Wildman–Crippen MR) is 67.5 cm³/mol. The molecule has 0 saturated carbocycles. The van der Waals surface area contributed by atoms with Crippen molar-refractivity contribution in [1.82, 2.24) is 4.98 Å². The summed E-state index contributed by atoms with van der Waals surface area (Å²) in [7, 11) is 0. The molecule has 1 aliphatic rings. The SMILES string of the molecule is CC1(C)C=C(c2ccc(Br)nc2)CCC1. The zero-order valence-electron chi connectivity index (χ0n) is 9.26. The van der Waals surface area contributed by atoms with Gasteiger partial charge in [-0.1, -0.05) is 26.0 Å². The van der Waals surface area contributed by atoms with Crippen molar-refractivity contribution in [2.75, 3.05) is 0 Å². The Bertz CT molecular complexity index is 376. The Morgan fingerprint density at radius 1 is 1.33 bits per heavy atom. The predicted octanol–water partition coefficient (Wildman–Crippen LogP) is 4.44. The largest absolute Gasteiger partial charge is 0.249 e. The number of aromatic nitrogens is 1. The lowest BCUT2D eigenvalue weighted by molar-refractivity contribution is 0.410. The second kappa shape index (κ2) is 4.09. The number of hydrogen-bond acceptors (Lipinski definition) is 1. The molecule has 80 valence electrons. The number of rotatable bonds is 1. The average molecular weight is 266 g/mol. The molecule has 1 nitrogen and oxygen atoms in total. The summed E-state index contributed by atoms with van der Waals surface area (Å²) < 4.78 is 0.905. The van der Waals surface area contributed by atoms with E-state index in [1.807, 2.05) is 12.3 Å². The van der Waals surface area contributed by atoms with E-state index in [1.165, 1.54) is 30.4 Å². The first-order valence-electron chi connectivity index (χ1n) is 5.40. The second-order valence-electron chi connectivity index (χ2n) is 4.88. The zero-order valence-corrected chi connectivity index (χ0v) is 10.8. The molecule has 1 aromatic heterocycles. The van der Waals surface area contributed by atoms with E-state index >= 15 is 0 Å². The maximum Gasteiger partial charge on any atom is 0.106 e. The van der Waals surface area contributed by atoms with Gasteiger partial charge in [0.25, 0.3) is 0 Å². The molecular formula is C13H16BrN. The van der Waals surface area contributed by atoms with Gasteiger partial charge in [0.2, 0.25) is 0 Å². The van der Waals surface area contributed by atoms with Crippen LogP contribution in [0.5, 0.6) is 0 Å². The number of halogens is 1. The molecular weight excluding hydrogens is 250 g/mol. The number of pyridine rings is 1. The van der Waals surface area contributed by atoms with Gasteiger partial charge in [0.15, 0.2) is 0 Å². The fourth-order valence-electron chi connectivity index (χ4n) is 2.14. The van der Waals surface area contributed by atoms with Gasteiger partial charge in [0.05, 0.1) is 0 Å². The van der Waals surface area contributed by atoms with Crippen molar-refractivity contribution in [1.29, 1.82) is 0 Å². The van der Waals surface area contributed by atoms with E-state index in [2.05, 4.69) is 46.9 Å². The van der Waals surface area contributed by atoms with Crippen LogP contribution >= 0.6 is 15.9 Å². The highest BCUT2D eigenvalue weighted by molar-refractivity contribution is 9.10. The van der Waals surface area contributed by atoms with Crippen LogP contribution in [0.15, 0.2) is 29.0 Å². The summed E-state index contributed by atoms with van der Waals surface area (Å²) in [6.07, 6.45) is 8.13. The van der Waals surface area contributed by atoms with Gasteiger partial charge in [-0.3, -0.25) is 0 Å². The van der Waals surface area contributed by atoms with Crippen molar-refractivity contribution in [2.24, 2.45) is 5.41 Å². The van der Waals surface area contributed by atoms with Crippen LogP contribution in [0.4, 0.5) is 0 Å². The molecule has 0 aliphatic heterocycles. The van der Waals surface area contributed by atoms with Gasteiger partial charge < -0.3 is 0 Å². The molecule has 0 amide bonds. The lowest BCUT2D eigenvalue weighted by Crippen LogP contribution is -2.12. The van der Waals surface area contributed by atoms with Crippen LogP contribution in [0, 0.1) is 5.41 Å². The highest BCUT2D eigenvalue weighted by Crippen LogP contribution is 2.37. The molecule has 0 N–H and O–H groups in total. The first-order valence-corrected chi connectivity index (χ1v) is 6.20. The smallest absolute Gasteiger partial charge is 0.106 e. The van der Waals surface area contributed by atoms with E-state index in [1.54, 1.807) is 0 Å². The Labute approximate surface area is 99.7 Å². The molecule has 15 heavy (non-hydrogen) atoms. The Balaban J connectivity index is 2.31. The van der Waals surface area contributed by atoms with E-state index in [9.17, 15) is 0 Å². The Morgan fingerprint density at radius 2 is 2.13 bits per heavy atom. The van der Waals surface area contributed by atoms with Crippen molar-refractivity contribution in [3.63, 3.8) is 0 Å². The van der Waals surface area contributed by atoms with Gasteiger partial charge in [0.1, 0.15) is 4.60 Å². The third kappa shape index (κ3) is 2.69. The Hall–Kier alpha value is -0.630. The summed E-state index contributed by atoms with van der Waals surface area (Å²) in [6.45, 7) is 4.61. The number of allylic oxidation sites excluding steroid dienone is 2. The summed E-state index contributed by atoms with van der Waals surface area (Å²) in [5, 5.41) is 0. The van der Waals surface area contributed by atoms with Crippen molar-refractivity contribution >= 4 is 21.5 Å². The molecule has 0 bridgehead atoms. The molecule has 0 spiro atoms. The van der Waals surface area contributed by atoms with Crippen molar-refractivity contribution in [3.8, 4) is 0 Å². The maximum absolute atomic E-state index is 4.28. The minimum atomic E-state index is 0.348. The Kier molecular flexibility index (Phi) is 2.96. The lowest BCUT2D eigenvalue weighted by Gasteiger charge is -2.27. The Morgan fingerprint density at radius 3 is 2.73 bits per heavy atom. The summed E-state index contributed by atoms with van der Waals surface area (Å²) in [5.74, 6) is 0. The van der Waals surface area contributed by atoms with E-state index in [0.717, 1.165) is 4.60 Å². The van der Waals surface area contributed by atoms with Crippen molar-refractivity contribution in [3.05, 3.63) is 34.6 Å². The molecule has 1 aromatic rings. The molecule has 0 unspecified atom stereocenters. The van der Waals surface area contributed by atoms with E-state index in [-0.39, 0.29) is 0 Å². The van der Waals surface area contributed by atoms with Gasteiger partial charge in [-0.15, -0.1) is 0 Å². The first kappa shape index (κ1) is 10.9. The van der Waals surface area contributed by atoms with E-state index < -0.39 is 0 Å². The van der Waals surface area contributed by atoms with E-state index in [0.29, 0.717) is 5.41 Å². The minimum absolute atomic E-state index is 0.348. The summed E-state index contributed by atoms with van der Waals surface area (Å²) in [4.78, 5) is 4.28. The topological polar surface area (TPSA) is 12.9 Å². The van der Waals surface area contributed by atoms with E-state index in [4.69, 9.17) is 0 Å². The van der Waals surface area contributed by atoms with Crippen LogP contribution in [-0.4, -0.2) is 4.98 Å². The van der Waals surface area contributed by atoms with Gasteiger partial charge >= 0.3 is 0 Å². The maximum atomic E-state index is 4.28.